The molecule has 0 bridgehead atoms. The lowest BCUT2D eigenvalue weighted by Gasteiger charge is -2.34. The van der Waals surface area contributed by atoms with Crippen LogP contribution in [0.3, 0.4) is 0 Å². The number of ether oxygens (including phenoxy) is 2. The third-order valence-corrected chi connectivity index (χ3v) is 3.54. The van der Waals surface area contributed by atoms with Gasteiger partial charge < -0.3 is 14.8 Å². The molecule has 0 spiro atoms. The SMILES string of the molecule is COc1ccc2c(c1=C=O)=C(n1ccccc1=O)NC(C)(C)O2. The Morgan fingerprint density at radius 2 is 2.04 bits per heavy atom. The second-order valence-electron chi connectivity index (χ2n) is 5.61. The summed E-state index contributed by atoms with van der Waals surface area (Å²) >= 11 is 0. The van der Waals surface area contributed by atoms with Crippen LogP contribution in [0.15, 0.2) is 41.3 Å². The summed E-state index contributed by atoms with van der Waals surface area (Å²) in [4.78, 5) is 23.7. The van der Waals surface area contributed by atoms with Crippen molar-refractivity contribution in [1.29, 1.82) is 0 Å². The molecular weight excluding hydrogens is 296 g/mol. The fourth-order valence-electron chi connectivity index (χ4n) is 2.60. The third kappa shape index (κ3) is 2.49. The lowest BCUT2D eigenvalue weighted by Crippen LogP contribution is -2.55. The summed E-state index contributed by atoms with van der Waals surface area (Å²) in [6, 6.07) is 8.20. The molecule has 1 aliphatic rings. The van der Waals surface area contributed by atoms with Crippen LogP contribution in [0.25, 0.3) is 5.82 Å². The van der Waals surface area contributed by atoms with E-state index in [1.54, 1.807) is 30.5 Å². The third-order valence-electron chi connectivity index (χ3n) is 3.54. The van der Waals surface area contributed by atoms with Gasteiger partial charge in [-0.25, -0.2) is 4.79 Å². The normalized spacial score (nSPS) is 15.0. The van der Waals surface area contributed by atoms with E-state index in [2.05, 4.69) is 5.32 Å². The van der Waals surface area contributed by atoms with Crippen molar-refractivity contribution in [2.75, 3.05) is 7.11 Å². The summed E-state index contributed by atoms with van der Waals surface area (Å²) < 4.78 is 12.5. The molecule has 3 rings (SSSR count). The van der Waals surface area contributed by atoms with Crippen molar-refractivity contribution in [2.45, 2.75) is 19.6 Å². The highest BCUT2D eigenvalue weighted by molar-refractivity contribution is 5.60. The lowest BCUT2D eigenvalue weighted by molar-refractivity contribution is 0.0795. The number of hydrogen-bond donors (Lipinski definition) is 1. The second-order valence-corrected chi connectivity index (χ2v) is 5.61. The van der Waals surface area contributed by atoms with Gasteiger partial charge in [-0.1, -0.05) is 6.07 Å². The van der Waals surface area contributed by atoms with Crippen LogP contribution in [0.4, 0.5) is 0 Å². The topological polar surface area (TPSA) is 69.6 Å². The fourth-order valence-corrected chi connectivity index (χ4v) is 2.60. The molecule has 6 nitrogen and oxygen atoms in total. The first-order chi connectivity index (χ1) is 11.0. The Morgan fingerprint density at radius 1 is 1.26 bits per heavy atom. The van der Waals surface area contributed by atoms with Gasteiger partial charge in [0.2, 0.25) is 0 Å². The molecule has 1 aromatic carbocycles. The zero-order chi connectivity index (χ0) is 16.6. The van der Waals surface area contributed by atoms with E-state index in [-0.39, 0.29) is 10.8 Å². The van der Waals surface area contributed by atoms with Crippen LogP contribution in [-0.4, -0.2) is 23.3 Å². The number of methoxy groups -OCH3 is 1. The molecule has 0 radical (unpaired) electrons. The summed E-state index contributed by atoms with van der Waals surface area (Å²) in [5.74, 6) is 3.20. The van der Waals surface area contributed by atoms with E-state index in [9.17, 15) is 9.59 Å². The van der Waals surface area contributed by atoms with Gasteiger partial charge in [-0.05, 0) is 32.0 Å². The largest absolute Gasteiger partial charge is 0.495 e. The van der Waals surface area contributed by atoms with Gasteiger partial charge in [0.05, 0.1) is 12.3 Å². The second kappa shape index (κ2) is 5.34. The van der Waals surface area contributed by atoms with Crippen molar-refractivity contribution in [3.05, 3.63) is 57.3 Å². The average molecular weight is 312 g/mol. The number of pyridine rings is 1. The maximum absolute atomic E-state index is 12.2. The summed E-state index contributed by atoms with van der Waals surface area (Å²) in [6.45, 7) is 3.66. The van der Waals surface area contributed by atoms with Crippen LogP contribution in [0, 0.1) is 0 Å². The first-order valence-electron chi connectivity index (χ1n) is 7.08. The highest BCUT2D eigenvalue weighted by atomic mass is 16.5. The van der Waals surface area contributed by atoms with Crippen molar-refractivity contribution in [3.63, 3.8) is 0 Å². The molecule has 2 aromatic rings. The number of rotatable bonds is 2. The molecule has 2 heterocycles. The van der Waals surface area contributed by atoms with Crippen LogP contribution < -0.4 is 30.8 Å². The van der Waals surface area contributed by atoms with Crippen LogP contribution in [0.2, 0.25) is 0 Å². The molecule has 0 unspecified atom stereocenters. The minimum absolute atomic E-state index is 0.207. The van der Waals surface area contributed by atoms with Gasteiger partial charge in [0, 0.05) is 12.3 Å². The zero-order valence-corrected chi connectivity index (χ0v) is 13.0. The molecular formula is C17H16N2O4. The highest BCUT2D eigenvalue weighted by Gasteiger charge is 2.29. The van der Waals surface area contributed by atoms with Crippen molar-refractivity contribution in [1.82, 2.24) is 9.88 Å². The number of hydrogen-bond acceptors (Lipinski definition) is 5. The summed E-state index contributed by atoms with van der Waals surface area (Å²) in [6.07, 6.45) is 1.63. The zero-order valence-electron chi connectivity index (χ0n) is 13.0. The van der Waals surface area contributed by atoms with Gasteiger partial charge in [-0.3, -0.25) is 9.36 Å². The van der Waals surface area contributed by atoms with Crippen LogP contribution >= 0.6 is 0 Å². The Morgan fingerprint density at radius 3 is 2.70 bits per heavy atom. The summed E-state index contributed by atoms with van der Waals surface area (Å²) in [5.41, 5.74) is -0.967. The van der Waals surface area contributed by atoms with Gasteiger partial charge in [0.15, 0.2) is 5.72 Å². The summed E-state index contributed by atoms with van der Waals surface area (Å²) in [5, 5.41) is 3.81. The molecule has 0 aliphatic carbocycles. The van der Waals surface area contributed by atoms with Crippen molar-refractivity contribution in [3.8, 4) is 11.5 Å². The minimum atomic E-state index is -0.744. The monoisotopic (exact) mass is 312 g/mol. The smallest absolute Gasteiger partial charge is 0.256 e. The van der Waals surface area contributed by atoms with Crippen molar-refractivity contribution >= 4 is 11.8 Å². The highest BCUT2D eigenvalue weighted by Crippen LogP contribution is 2.19. The Kier molecular flexibility index (Phi) is 3.47. The van der Waals surface area contributed by atoms with Gasteiger partial charge in [0.25, 0.3) is 5.56 Å². The van der Waals surface area contributed by atoms with Gasteiger partial charge in [0.1, 0.15) is 28.5 Å². The number of aromatic nitrogens is 1. The van der Waals surface area contributed by atoms with E-state index < -0.39 is 5.72 Å². The molecule has 0 amide bonds. The van der Waals surface area contributed by atoms with E-state index in [1.165, 1.54) is 17.7 Å². The number of nitrogens with zero attached hydrogens (tertiary/aromatic N) is 1. The van der Waals surface area contributed by atoms with Gasteiger partial charge in [-0.15, -0.1) is 0 Å². The number of nitrogens with one attached hydrogen (secondary N) is 1. The Hall–Kier alpha value is -2.98. The van der Waals surface area contributed by atoms with Crippen molar-refractivity contribution < 1.29 is 14.3 Å². The predicted molar refractivity (Wildman–Crippen MR) is 84.4 cm³/mol. The molecule has 0 atom stereocenters. The van der Waals surface area contributed by atoms with Crippen LogP contribution in [0.5, 0.6) is 11.5 Å². The Balaban J connectivity index is 2.52. The van der Waals surface area contributed by atoms with E-state index in [1.807, 2.05) is 19.8 Å². The van der Waals surface area contributed by atoms with Gasteiger partial charge >= 0.3 is 0 Å². The fraction of sp³-hybridized carbons (Fsp3) is 0.235. The lowest BCUT2D eigenvalue weighted by atomic mass is 10.1. The predicted octanol–water partition coefficient (Wildman–Crippen LogP) is -0.308. The van der Waals surface area contributed by atoms with Crippen LogP contribution in [-0.2, 0) is 4.79 Å². The standard InChI is InChI=1S/C17H16N2O4/c1-17(2)18-16(19-9-5-4-6-14(19)21)15-11(10-20)12(22-3)7-8-13(15)23-17/h4-9,18H,1-3H3. The van der Waals surface area contributed by atoms with E-state index >= 15 is 0 Å². The number of benzene rings is 1. The van der Waals surface area contributed by atoms with E-state index in [0.717, 1.165) is 0 Å². The van der Waals surface area contributed by atoms with E-state index in [0.29, 0.717) is 22.5 Å². The Bertz CT molecular complexity index is 969. The first kappa shape index (κ1) is 14.9. The molecule has 0 saturated heterocycles. The molecule has 1 N–H and O–H groups in total. The van der Waals surface area contributed by atoms with Crippen molar-refractivity contribution in [2.24, 2.45) is 0 Å². The summed E-state index contributed by atoms with van der Waals surface area (Å²) in [7, 11) is 1.47. The first-order valence-corrected chi connectivity index (χ1v) is 7.08. The van der Waals surface area contributed by atoms with Crippen LogP contribution in [0.1, 0.15) is 13.8 Å². The van der Waals surface area contributed by atoms with E-state index in [4.69, 9.17) is 9.47 Å². The Labute approximate surface area is 132 Å². The molecule has 23 heavy (non-hydrogen) atoms. The number of carbonyl (C=O) groups excluding carboxylic acids is 1. The average Bonchev–Trinajstić information content (AvgIpc) is 2.52. The molecule has 6 heteroatoms. The molecule has 118 valence electrons. The number of fused-ring (bicyclic) bond motifs is 1. The quantitative estimate of drug-likeness (QED) is 0.824. The van der Waals surface area contributed by atoms with Gasteiger partial charge in [-0.2, -0.15) is 0 Å². The minimum Gasteiger partial charge on any atom is -0.495 e. The molecule has 0 saturated carbocycles. The molecule has 0 fully saturated rings. The molecule has 1 aliphatic heterocycles. The maximum Gasteiger partial charge on any atom is 0.256 e. The maximum atomic E-state index is 12.2. The molecule has 1 aromatic heterocycles.